The number of allylic oxidation sites excluding steroid dienone is 2. The molecular weight excluding hydrogens is 1260 g/mol. The average molecular weight is 1370 g/mol. The van der Waals surface area contributed by atoms with Crippen LogP contribution in [0.15, 0.2) is 11.6 Å². The molecule has 6 heterocycles. The molecule has 6 aliphatic heterocycles. The summed E-state index contributed by atoms with van der Waals surface area (Å²) in [5.74, 6) is -1.66. The number of fused-ring (bicyclic) bond motifs is 7. The van der Waals surface area contributed by atoms with Gasteiger partial charge in [0.1, 0.15) is 115 Å². The molecule has 11 rings (SSSR count). The van der Waals surface area contributed by atoms with E-state index in [4.69, 9.17) is 56.8 Å². The van der Waals surface area contributed by atoms with Crippen LogP contribution < -0.4 is 0 Å². The third-order valence-electron chi connectivity index (χ3n) is 25.1. The van der Waals surface area contributed by atoms with E-state index >= 15 is 4.79 Å². The summed E-state index contributed by atoms with van der Waals surface area (Å²) in [6, 6.07) is 0. The van der Waals surface area contributed by atoms with E-state index < -0.39 is 256 Å². The van der Waals surface area contributed by atoms with Crippen molar-refractivity contribution in [2.45, 2.75) is 291 Å². The maximum Gasteiger partial charge on any atom is 0.317 e. The predicted octanol–water partition coefficient (Wildman–Crippen LogP) is -5.11. The van der Waals surface area contributed by atoms with Gasteiger partial charge < -0.3 is 149 Å². The lowest BCUT2D eigenvalue weighted by atomic mass is 9.33. The Balaban J connectivity index is 0.786. The second-order valence-corrected chi connectivity index (χ2v) is 31.0. The number of hydrogen-bond donors (Lipinski definition) is 18. The maximum atomic E-state index is 15.6. The van der Waals surface area contributed by atoms with Gasteiger partial charge in [0.05, 0.1) is 64.1 Å². The highest BCUT2D eigenvalue weighted by molar-refractivity contribution is 5.80. The first kappa shape index (κ1) is 74.2. The number of carbonyl (C=O) groups is 1. The third kappa shape index (κ3) is 12.4. The zero-order valence-corrected chi connectivity index (χ0v) is 54.9. The van der Waals surface area contributed by atoms with Crippen LogP contribution in [0.4, 0.5) is 0 Å². The third-order valence-corrected chi connectivity index (χ3v) is 25.1. The quantitative estimate of drug-likeness (QED) is 0.0390. The molecule has 0 aromatic carbocycles. The highest BCUT2D eigenvalue weighted by Gasteiger charge is 2.73. The standard InChI is InChI=1S/C64H104O31/c1-9-59(5)33-12-13-61(7)34(60(33,6)17-28(67)50(59)94-54-43(78)40(75)38(73)32(90-54)22-86-51-42(77)39(74)37(72)31(19-65)89-51)11-10-26-27-16-58(3,4)14-15-64(27,35(70)18-62(26,61)8)57(82)95-55-48(36(71)29(68)20-85-55)93-53-44(79)41(76)46(25(2)88-53)91-52-45(80)47(30(69)21-84-52)92-56-49(81)63(83,23-66)24-87-56/h10,25,27-56,65-81,83H,9,11-24H2,1-8H3. The van der Waals surface area contributed by atoms with Crippen LogP contribution in [0.1, 0.15) is 113 Å². The summed E-state index contributed by atoms with van der Waals surface area (Å²) >= 11 is 0. The van der Waals surface area contributed by atoms with E-state index in [0.717, 1.165) is 5.57 Å². The Morgan fingerprint density at radius 3 is 1.85 bits per heavy atom. The van der Waals surface area contributed by atoms with Gasteiger partial charge in [0.15, 0.2) is 37.6 Å². The predicted molar refractivity (Wildman–Crippen MR) is 316 cm³/mol. The number of esters is 1. The molecule has 31 nitrogen and oxygen atoms in total. The average Bonchev–Trinajstić information content (AvgIpc) is 0.915. The highest BCUT2D eigenvalue weighted by atomic mass is 16.8. The molecule has 5 aliphatic carbocycles. The number of ether oxygens (including phenoxy) is 12. The summed E-state index contributed by atoms with van der Waals surface area (Å²) in [5.41, 5.74) is -5.66. The second kappa shape index (κ2) is 27.3. The van der Waals surface area contributed by atoms with Crippen LogP contribution in [0, 0.1) is 50.2 Å². The summed E-state index contributed by atoms with van der Waals surface area (Å²) in [4.78, 5) is 15.6. The van der Waals surface area contributed by atoms with Crippen LogP contribution in [-0.2, 0) is 61.6 Å². The lowest BCUT2D eigenvalue weighted by molar-refractivity contribution is -0.372. The summed E-state index contributed by atoms with van der Waals surface area (Å²) in [7, 11) is 0. The van der Waals surface area contributed by atoms with E-state index in [0.29, 0.717) is 38.5 Å². The zero-order valence-electron chi connectivity index (χ0n) is 54.9. The fourth-order valence-electron chi connectivity index (χ4n) is 19.0. The number of aliphatic hydroxyl groups excluding tert-OH is 17. The molecule has 11 aliphatic rings. The topological polar surface area (TPSA) is 492 Å². The van der Waals surface area contributed by atoms with Crippen molar-refractivity contribution >= 4 is 5.97 Å². The van der Waals surface area contributed by atoms with Gasteiger partial charge in [0.25, 0.3) is 0 Å². The molecule has 31 heteroatoms. The molecule has 0 bridgehead atoms. The van der Waals surface area contributed by atoms with Gasteiger partial charge in [-0.15, -0.1) is 0 Å². The van der Waals surface area contributed by atoms with Crippen LogP contribution in [-0.4, -0.2) is 315 Å². The molecule has 37 unspecified atom stereocenters. The van der Waals surface area contributed by atoms with Gasteiger partial charge in [-0.3, -0.25) is 4.79 Å². The van der Waals surface area contributed by atoms with Crippen LogP contribution >= 0.6 is 0 Å². The van der Waals surface area contributed by atoms with Gasteiger partial charge in [-0.05, 0) is 110 Å². The van der Waals surface area contributed by atoms with E-state index in [1.54, 1.807) is 0 Å². The fourth-order valence-corrected chi connectivity index (χ4v) is 19.0. The molecule has 18 N–H and O–H groups in total. The van der Waals surface area contributed by atoms with Crippen molar-refractivity contribution in [1.29, 1.82) is 0 Å². The van der Waals surface area contributed by atoms with Gasteiger partial charge in [-0.2, -0.15) is 0 Å². The molecule has 6 saturated heterocycles. The molecule has 546 valence electrons. The Kier molecular flexibility index (Phi) is 21.4. The molecule has 0 amide bonds. The Bertz CT molecular complexity index is 2700. The first-order valence-electron chi connectivity index (χ1n) is 33.6. The van der Waals surface area contributed by atoms with Gasteiger partial charge in [0.2, 0.25) is 6.29 Å². The van der Waals surface area contributed by atoms with Crippen LogP contribution in [0.25, 0.3) is 0 Å². The number of aliphatic hydroxyl groups is 18. The van der Waals surface area contributed by atoms with E-state index in [1.165, 1.54) is 6.92 Å². The van der Waals surface area contributed by atoms with Crippen molar-refractivity contribution < 1.29 is 154 Å². The molecular formula is C64H104O31. The monoisotopic (exact) mass is 1370 g/mol. The summed E-state index contributed by atoms with van der Waals surface area (Å²) in [5, 5.41) is 199. The summed E-state index contributed by atoms with van der Waals surface area (Å²) < 4.78 is 70.6. The van der Waals surface area contributed by atoms with Crippen molar-refractivity contribution in [3.63, 3.8) is 0 Å². The fraction of sp³-hybridized carbons (Fsp3) is 0.953. The number of hydrogen-bond acceptors (Lipinski definition) is 31. The van der Waals surface area contributed by atoms with Crippen LogP contribution in [0.2, 0.25) is 0 Å². The smallest absolute Gasteiger partial charge is 0.317 e. The lowest BCUT2D eigenvalue weighted by Crippen LogP contribution is -2.70. The van der Waals surface area contributed by atoms with E-state index in [-0.39, 0.29) is 36.5 Å². The minimum Gasteiger partial charge on any atom is -0.432 e. The number of rotatable bonds is 16. The Labute approximate surface area is 550 Å². The van der Waals surface area contributed by atoms with E-state index in [2.05, 4.69) is 40.7 Å². The highest BCUT2D eigenvalue weighted by Crippen LogP contribution is 2.76. The van der Waals surface area contributed by atoms with Crippen molar-refractivity contribution in [3.05, 3.63) is 11.6 Å². The maximum absolute atomic E-state index is 15.6. The molecule has 10 fully saturated rings. The number of carbonyl (C=O) groups excluding carboxylic acids is 1. The molecule has 95 heavy (non-hydrogen) atoms. The van der Waals surface area contributed by atoms with Gasteiger partial charge >= 0.3 is 5.97 Å². The Hall–Kier alpha value is -1.95. The van der Waals surface area contributed by atoms with Crippen molar-refractivity contribution in [1.82, 2.24) is 0 Å². The molecule has 37 atom stereocenters. The Morgan fingerprint density at radius 2 is 1.19 bits per heavy atom. The largest absolute Gasteiger partial charge is 0.432 e. The van der Waals surface area contributed by atoms with E-state index in [1.807, 2.05) is 13.8 Å². The lowest BCUT2D eigenvalue weighted by Gasteiger charge is -2.72. The molecule has 0 radical (unpaired) electrons. The van der Waals surface area contributed by atoms with Gasteiger partial charge in [-0.25, -0.2) is 0 Å². The Morgan fingerprint density at radius 1 is 0.579 bits per heavy atom. The van der Waals surface area contributed by atoms with Crippen LogP contribution in [0.3, 0.4) is 0 Å². The minimum atomic E-state index is -2.08. The summed E-state index contributed by atoms with van der Waals surface area (Å²) in [6.07, 6.45) is -39.1. The summed E-state index contributed by atoms with van der Waals surface area (Å²) in [6.45, 7) is 12.5. The van der Waals surface area contributed by atoms with Crippen molar-refractivity contribution in [3.8, 4) is 0 Å². The molecule has 4 saturated carbocycles. The van der Waals surface area contributed by atoms with Crippen molar-refractivity contribution in [2.24, 2.45) is 50.2 Å². The SMILES string of the molecule is CCC1(C)C(OC2OC(COC3OC(CO)C(O)C(O)C3O)C(O)C(O)C2O)C(O)CC2(C)C1CCC1(C)C2CC=C2C3CC(C)(C)CCC3(C(=O)OC3OCC(O)C(O)C3OC3OC(C)C(OC4OCC(O)C(OC5OCC(O)(CO)C5O)C4O)C(O)C3O)C(O)CC21C. The molecule has 0 spiro atoms. The minimum absolute atomic E-state index is 0.106. The molecule has 0 aromatic heterocycles. The zero-order chi connectivity index (χ0) is 69.4. The van der Waals surface area contributed by atoms with Crippen molar-refractivity contribution in [2.75, 3.05) is 39.6 Å². The first-order valence-corrected chi connectivity index (χ1v) is 33.6. The van der Waals surface area contributed by atoms with Gasteiger partial charge in [-0.1, -0.05) is 60.1 Å². The van der Waals surface area contributed by atoms with E-state index in [9.17, 15) is 91.9 Å². The normalized spacial score (nSPS) is 55.5. The van der Waals surface area contributed by atoms with Gasteiger partial charge in [0, 0.05) is 0 Å². The second-order valence-electron chi connectivity index (χ2n) is 31.0. The first-order chi connectivity index (χ1) is 44.5. The van der Waals surface area contributed by atoms with Crippen LogP contribution in [0.5, 0.6) is 0 Å². The molecule has 0 aromatic rings.